The van der Waals surface area contributed by atoms with Gasteiger partial charge in [0.15, 0.2) is 9.84 Å². The molecule has 104 valence electrons. The number of sulfone groups is 1. The first-order valence-electron chi connectivity index (χ1n) is 6.54. The van der Waals surface area contributed by atoms with E-state index in [0.717, 1.165) is 16.5 Å². The quantitative estimate of drug-likeness (QED) is 0.922. The van der Waals surface area contributed by atoms with E-state index in [0.29, 0.717) is 6.42 Å². The van der Waals surface area contributed by atoms with Crippen LogP contribution in [0, 0.1) is 5.92 Å². The number of anilines is 1. The summed E-state index contributed by atoms with van der Waals surface area (Å²) in [5.74, 6) is -0.564. The molecule has 5 heteroatoms. The Morgan fingerprint density at radius 2 is 1.85 bits per heavy atom. The monoisotopic (exact) mass is 289 g/mol. The molecule has 0 aliphatic carbocycles. The zero-order valence-corrected chi connectivity index (χ0v) is 11.7. The average molecular weight is 289 g/mol. The number of hydrogen-bond donors (Lipinski definition) is 1. The van der Waals surface area contributed by atoms with Crippen LogP contribution in [-0.4, -0.2) is 25.8 Å². The van der Waals surface area contributed by atoms with Crippen LogP contribution in [0.15, 0.2) is 42.5 Å². The van der Waals surface area contributed by atoms with Gasteiger partial charge in [0.1, 0.15) is 0 Å². The van der Waals surface area contributed by atoms with Crippen molar-refractivity contribution in [1.82, 2.24) is 0 Å². The van der Waals surface area contributed by atoms with E-state index in [1.807, 2.05) is 42.5 Å². The van der Waals surface area contributed by atoms with E-state index in [1.165, 1.54) is 0 Å². The van der Waals surface area contributed by atoms with Crippen LogP contribution < -0.4 is 5.32 Å². The van der Waals surface area contributed by atoms with Crippen LogP contribution in [-0.2, 0) is 14.6 Å². The van der Waals surface area contributed by atoms with Crippen molar-refractivity contribution in [3.63, 3.8) is 0 Å². The number of benzene rings is 2. The molecule has 1 N–H and O–H groups in total. The highest BCUT2D eigenvalue weighted by Gasteiger charge is 2.33. The fourth-order valence-corrected chi connectivity index (χ4v) is 4.31. The van der Waals surface area contributed by atoms with Crippen LogP contribution in [0.5, 0.6) is 0 Å². The fourth-order valence-electron chi connectivity index (χ4n) is 2.57. The fraction of sp³-hybridized carbons (Fsp3) is 0.267. The Balaban J connectivity index is 1.85. The summed E-state index contributed by atoms with van der Waals surface area (Å²) in [6.45, 7) is 0. The highest BCUT2D eigenvalue weighted by atomic mass is 32.2. The number of nitrogens with one attached hydrogen (secondary N) is 1. The molecule has 2 aromatic carbocycles. The van der Waals surface area contributed by atoms with Gasteiger partial charge in [-0.25, -0.2) is 8.42 Å². The Bertz CT molecular complexity index is 762. The third-order valence-corrected chi connectivity index (χ3v) is 5.42. The van der Waals surface area contributed by atoms with Crippen LogP contribution in [0.2, 0.25) is 0 Å². The first-order valence-corrected chi connectivity index (χ1v) is 8.36. The topological polar surface area (TPSA) is 63.2 Å². The maximum absolute atomic E-state index is 12.2. The highest BCUT2D eigenvalue weighted by molar-refractivity contribution is 7.91. The molecule has 0 bridgehead atoms. The summed E-state index contributed by atoms with van der Waals surface area (Å²) in [6.07, 6.45) is 0.416. The second-order valence-corrected chi connectivity index (χ2v) is 7.34. The van der Waals surface area contributed by atoms with E-state index in [4.69, 9.17) is 0 Å². The van der Waals surface area contributed by atoms with Gasteiger partial charge in [-0.3, -0.25) is 4.79 Å². The lowest BCUT2D eigenvalue weighted by Gasteiger charge is -2.11. The van der Waals surface area contributed by atoms with Crippen molar-refractivity contribution in [2.45, 2.75) is 6.42 Å². The summed E-state index contributed by atoms with van der Waals surface area (Å²) < 4.78 is 22.9. The second kappa shape index (κ2) is 4.90. The molecule has 3 rings (SSSR count). The number of fused-ring (bicyclic) bond motifs is 1. The SMILES string of the molecule is O=C(Nc1cccc2ccccc12)C1CCS(=O)(=O)C1. The van der Waals surface area contributed by atoms with Crippen LogP contribution >= 0.6 is 0 Å². The molecular weight excluding hydrogens is 274 g/mol. The molecule has 0 saturated carbocycles. The summed E-state index contributed by atoms with van der Waals surface area (Å²) in [4.78, 5) is 12.2. The molecule has 1 atom stereocenters. The van der Waals surface area contributed by atoms with Gasteiger partial charge < -0.3 is 5.32 Å². The van der Waals surface area contributed by atoms with E-state index in [2.05, 4.69) is 5.32 Å². The minimum atomic E-state index is -3.04. The molecule has 1 saturated heterocycles. The Hall–Kier alpha value is -1.88. The summed E-state index contributed by atoms with van der Waals surface area (Å²) in [5.41, 5.74) is 0.734. The Morgan fingerprint density at radius 1 is 1.10 bits per heavy atom. The molecule has 1 unspecified atom stereocenters. The zero-order valence-electron chi connectivity index (χ0n) is 10.9. The maximum atomic E-state index is 12.2. The van der Waals surface area contributed by atoms with Crippen LogP contribution in [0.25, 0.3) is 10.8 Å². The Kier molecular flexibility index (Phi) is 3.22. The smallest absolute Gasteiger partial charge is 0.228 e. The van der Waals surface area contributed by atoms with Crippen molar-refractivity contribution >= 4 is 32.2 Å². The molecule has 1 fully saturated rings. The van der Waals surface area contributed by atoms with Crippen molar-refractivity contribution in [2.24, 2.45) is 5.92 Å². The van der Waals surface area contributed by atoms with Crippen molar-refractivity contribution < 1.29 is 13.2 Å². The number of hydrogen-bond acceptors (Lipinski definition) is 3. The lowest BCUT2D eigenvalue weighted by molar-refractivity contribution is -0.119. The van der Waals surface area contributed by atoms with Gasteiger partial charge in [-0.2, -0.15) is 0 Å². The molecule has 1 amide bonds. The van der Waals surface area contributed by atoms with Crippen molar-refractivity contribution in [3.05, 3.63) is 42.5 Å². The van der Waals surface area contributed by atoms with Gasteiger partial charge in [0.05, 0.1) is 17.4 Å². The normalized spacial score (nSPS) is 20.9. The van der Waals surface area contributed by atoms with Gasteiger partial charge in [-0.1, -0.05) is 36.4 Å². The molecule has 1 aliphatic heterocycles. The van der Waals surface area contributed by atoms with Crippen molar-refractivity contribution in [1.29, 1.82) is 0 Å². The van der Waals surface area contributed by atoms with Crippen molar-refractivity contribution in [2.75, 3.05) is 16.8 Å². The molecule has 20 heavy (non-hydrogen) atoms. The van der Waals surface area contributed by atoms with Gasteiger partial charge in [0.25, 0.3) is 0 Å². The van der Waals surface area contributed by atoms with Crippen LogP contribution in [0.3, 0.4) is 0 Å². The van der Waals surface area contributed by atoms with Gasteiger partial charge in [-0.15, -0.1) is 0 Å². The van der Waals surface area contributed by atoms with Gasteiger partial charge >= 0.3 is 0 Å². The minimum Gasteiger partial charge on any atom is -0.325 e. The standard InChI is InChI=1S/C15H15NO3S/c17-15(12-8-9-20(18,19)10-12)16-14-7-3-5-11-4-1-2-6-13(11)14/h1-7,12H,8-10H2,(H,16,17). The molecule has 1 aliphatic rings. The van der Waals surface area contributed by atoms with Crippen molar-refractivity contribution in [3.8, 4) is 0 Å². The molecule has 0 aromatic heterocycles. The lowest BCUT2D eigenvalue weighted by Crippen LogP contribution is -2.23. The predicted octanol–water partition coefficient (Wildman–Crippen LogP) is 2.21. The molecular formula is C15H15NO3S. The van der Waals surface area contributed by atoms with E-state index < -0.39 is 15.8 Å². The first kappa shape index (κ1) is 13.1. The third kappa shape index (κ3) is 2.54. The second-order valence-electron chi connectivity index (χ2n) is 5.12. The molecule has 2 aromatic rings. The number of rotatable bonds is 2. The van der Waals surface area contributed by atoms with E-state index in [1.54, 1.807) is 0 Å². The largest absolute Gasteiger partial charge is 0.325 e. The van der Waals surface area contributed by atoms with Crippen LogP contribution in [0.1, 0.15) is 6.42 Å². The highest BCUT2D eigenvalue weighted by Crippen LogP contribution is 2.25. The lowest BCUT2D eigenvalue weighted by atomic mass is 10.1. The van der Waals surface area contributed by atoms with E-state index in [-0.39, 0.29) is 17.4 Å². The molecule has 1 heterocycles. The van der Waals surface area contributed by atoms with Gasteiger partial charge in [-0.05, 0) is 17.9 Å². The maximum Gasteiger partial charge on any atom is 0.228 e. The first-order chi connectivity index (χ1) is 9.55. The summed E-state index contributed by atoms with van der Waals surface area (Å²) in [6, 6.07) is 13.5. The predicted molar refractivity (Wildman–Crippen MR) is 79.3 cm³/mol. The summed E-state index contributed by atoms with van der Waals surface area (Å²) in [5, 5.41) is 4.87. The summed E-state index contributed by atoms with van der Waals surface area (Å²) in [7, 11) is -3.04. The Labute approximate surface area is 117 Å². The molecule has 4 nitrogen and oxygen atoms in total. The number of carbonyl (C=O) groups is 1. The zero-order chi connectivity index (χ0) is 14.2. The summed E-state index contributed by atoms with van der Waals surface area (Å²) >= 11 is 0. The molecule has 0 radical (unpaired) electrons. The van der Waals surface area contributed by atoms with Crippen LogP contribution in [0.4, 0.5) is 5.69 Å². The number of carbonyl (C=O) groups excluding carboxylic acids is 1. The average Bonchev–Trinajstić information content (AvgIpc) is 2.80. The van der Waals surface area contributed by atoms with Gasteiger partial charge in [0.2, 0.25) is 5.91 Å². The van der Waals surface area contributed by atoms with Gasteiger partial charge in [0, 0.05) is 11.1 Å². The Morgan fingerprint density at radius 3 is 2.60 bits per heavy atom. The minimum absolute atomic E-state index is 0.0381. The molecule has 0 spiro atoms. The number of amides is 1. The third-order valence-electron chi connectivity index (χ3n) is 3.65. The van der Waals surface area contributed by atoms with E-state index >= 15 is 0 Å². The van der Waals surface area contributed by atoms with E-state index in [9.17, 15) is 13.2 Å².